The van der Waals surface area contributed by atoms with Crippen LogP contribution < -0.4 is 9.64 Å². The Bertz CT molecular complexity index is 1690. The number of rotatable bonds is 9. The summed E-state index contributed by atoms with van der Waals surface area (Å²) >= 11 is 5.81. The van der Waals surface area contributed by atoms with Gasteiger partial charge in [0, 0.05) is 61.3 Å². The quantitative estimate of drug-likeness (QED) is 0.249. The van der Waals surface area contributed by atoms with Crippen molar-refractivity contribution in [3.05, 3.63) is 76.2 Å². The van der Waals surface area contributed by atoms with E-state index in [1.54, 1.807) is 30.5 Å². The highest BCUT2D eigenvalue weighted by molar-refractivity contribution is 6.30. The van der Waals surface area contributed by atoms with Crippen LogP contribution in [0.3, 0.4) is 0 Å². The molecule has 0 amide bonds. The fourth-order valence-electron chi connectivity index (χ4n) is 5.02. The summed E-state index contributed by atoms with van der Waals surface area (Å²) in [5.41, 5.74) is 1.79. The SMILES string of the molecule is N#CC1(Cc2cc(-c3n[nH]c(C(F)(F)F)n3)cnc2CN2CCN(c3ccnc(OCc4ccc(Cl)cc4F)n3)CC2)CC1. The Balaban J connectivity index is 1.11. The van der Waals surface area contributed by atoms with E-state index >= 15 is 0 Å². The molecule has 1 saturated heterocycles. The van der Waals surface area contributed by atoms with Gasteiger partial charge in [-0.2, -0.15) is 28.5 Å². The third-order valence-corrected chi connectivity index (χ3v) is 7.99. The number of aromatic nitrogens is 6. The number of ether oxygens (including phenoxy) is 1. The van der Waals surface area contributed by atoms with E-state index in [1.165, 1.54) is 12.3 Å². The Kier molecular flexibility index (Phi) is 8.08. The van der Waals surface area contributed by atoms with Gasteiger partial charge in [-0.25, -0.2) is 14.4 Å². The molecule has 3 aromatic heterocycles. The summed E-state index contributed by atoms with van der Waals surface area (Å²) < 4.78 is 58.9. The van der Waals surface area contributed by atoms with Crippen LogP contribution in [0.2, 0.25) is 5.02 Å². The number of halogens is 5. The maximum absolute atomic E-state index is 14.1. The van der Waals surface area contributed by atoms with Crippen LogP contribution in [0.5, 0.6) is 6.01 Å². The molecular weight excluding hydrogens is 602 g/mol. The summed E-state index contributed by atoms with van der Waals surface area (Å²) in [7, 11) is 0. The van der Waals surface area contributed by atoms with Gasteiger partial charge in [0.25, 0.3) is 0 Å². The number of hydrogen-bond donors (Lipinski definition) is 1. The van der Waals surface area contributed by atoms with Crippen molar-refractivity contribution in [2.45, 2.75) is 38.6 Å². The predicted octanol–water partition coefficient (Wildman–Crippen LogP) is 5.22. The number of nitrogens with zero attached hydrogens (tertiary/aromatic N) is 8. The van der Waals surface area contributed by atoms with Crippen LogP contribution in [0.1, 0.15) is 35.5 Å². The van der Waals surface area contributed by atoms with Crippen molar-refractivity contribution >= 4 is 17.4 Å². The third kappa shape index (κ3) is 6.74. The molecule has 6 rings (SSSR count). The van der Waals surface area contributed by atoms with Crippen molar-refractivity contribution in [3.8, 4) is 23.5 Å². The second kappa shape index (κ2) is 12.0. The van der Waals surface area contributed by atoms with Crippen LogP contribution in [0.15, 0.2) is 42.7 Å². The summed E-state index contributed by atoms with van der Waals surface area (Å²) in [6, 6.07) is 10.4. The van der Waals surface area contributed by atoms with Crippen molar-refractivity contribution < 1.29 is 22.3 Å². The fourth-order valence-corrected chi connectivity index (χ4v) is 5.18. The number of alkyl halides is 3. The number of benzene rings is 1. The molecule has 228 valence electrons. The predicted molar refractivity (Wildman–Crippen MR) is 151 cm³/mol. The Morgan fingerprint density at radius 1 is 1.05 bits per heavy atom. The summed E-state index contributed by atoms with van der Waals surface area (Å²) in [4.78, 5) is 21.2. The van der Waals surface area contributed by atoms with Crippen LogP contribution in [-0.2, 0) is 25.7 Å². The number of piperazine rings is 1. The van der Waals surface area contributed by atoms with Crippen LogP contribution >= 0.6 is 11.6 Å². The van der Waals surface area contributed by atoms with Gasteiger partial charge in [-0.05, 0) is 49.1 Å². The molecular formula is C29H26ClF4N9O. The monoisotopic (exact) mass is 627 g/mol. The molecule has 0 bridgehead atoms. The van der Waals surface area contributed by atoms with Gasteiger partial charge in [-0.3, -0.25) is 15.0 Å². The zero-order chi connectivity index (χ0) is 30.9. The highest BCUT2D eigenvalue weighted by Gasteiger charge is 2.43. The largest absolute Gasteiger partial charge is 0.458 e. The topological polar surface area (TPSA) is 120 Å². The highest BCUT2D eigenvalue weighted by atomic mass is 35.5. The molecule has 2 aliphatic rings. The molecule has 44 heavy (non-hydrogen) atoms. The van der Waals surface area contributed by atoms with Gasteiger partial charge in [0.1, 0.15) is 18.2 Å². The smallest absolute Gasteiger partial charge is 0.451 e. The summed E-state index contributed by atoms with van der Waals surface area (Å²) in [5, 5.41) is 15.7. The Morgan fingerprint density at radius 2 is 1.84 bits per heavy atom. The number of hydrogen-bond acceptors (Lipinski definition) is 9. The molecule has 1 aromatic carbocycles. The number of H-pyrrole nitrogens is 1. The summed E-state index contributed by atoms with van der Waals surface area (Å²) in [5.74, 6) is -1.06. The first-order chi connectivity index (χ1) is 21.1. The second-order valence-corrected chi connectivity index (χ2v) is 11.3. The van der Waals surface area contributed by atoms with E-state index in [-0.39, 0.29) is 18.4 Å². The van der Waals surface area contributed by atoms with Gasteiger partial charge in [0.05, 0.1) is 17.2 Å². The van der Waals surface area contributed by atoms with E-state index in [0.717, 1.165) is 24.1 Å². The molecule has 4 heterocycles. The number of nitriles is 1. The lowest BCUT2D eigenvalue weighted by Crippen LogP contribution is -2.46. The maximum atomic E-state index is 14.1. The molecule has 0 unspecified atom stereocenters. The second-order valence-electron chi connectivity index (χ2n) is 10.9. The lowest BCUT2D eigenvalue weighted by atomic mass is 9.95. The Hall–Kier alpha value is -4.35. The molecule has 0 atom stereocenters. The van der Waals surface area contributed by atoms with E-state index in [9.17, 15) is 22.8 Å². The van der Waals surface area contributed by atoms with E-state index in [2.05, 4.69) is 40.9 Å². The lowest BCUT2D eigenvalue weighted by Gasteiger charge is -2.35. The molecule has 0 radical (unpaired) electrons. The zero-order valence-electron chi connectivity index (χ0n) is 23.3. The normalized spacial score (nSPS) is 16.5. The van der Waals surface area contributed by atoms with E-state index in [1.807, 2.05) is 5.10 Å². The Labute approximate surface area is 254 Å². The average Bonchev–Trinajstić information content (AvgIpc) is 3.59. The lowest BCUT2D eigenvalue weighted by molar-refractivity contribution is -0.144. The number of anilines is 1. The molecule has 1 aliphatic carbocycles. The minimum absolute atomic E-state index is 0.0405. The van der Waals surface area contributed by atoms with Gasteiger partial charge in [-0.1, -0.05) is 17.7 Å². The van der Waals surface area contributed by atoms with Gasteiger partial charge in [0.15, 0.2) is 5.82 Å². The first-order valence-electron chi connectivity index (χ1n) is 13.9. The first-order valence-corrected chi connectivity index (χ1v) is 14.2. The maximum Gasteiger partial charge on any atom is 0.451 e. The van der Waals surface area contributed by atoms with Crippen LogP contribution in [0, 0.1) is 22.6 Å². The van der Waals surface area contributed by atoms with Gasteiger partial charge in [-0.15, -0.1) is 0 Å². The zero-order valence-corrected chi connectivity index (χ0v) is 24.0. The van der Waals surface area contributed by atoms with Gasteiger partial charge < -0.3 is 9.64 Å². The van der Waals surface area contributed by atoms with Crippen molar-refractivity contribution in [3.63, 3.8) is 0 Å². The van der Waals surface area contributed by atoms with Crippen molar-refractivity contribution in [2.24, 2.45) is 5.41 Å². The molecule has 1 aliphatic heterocycles. The first kappa shape index (κ1) is 29.7. The number of pyridine rings is 1. The molecule has 0 spiro atoms. The summed E-state index contributed by atoms with van der Waals surface area (Å²) in [6.45, 7) is 3.18. The molecule has 1 saturated carbocycles. The average molecular weight is 628 g/mol. The molecule has 15 heteroatoms. The Morgan fingerprint density at radius 3 is 2.52 bits per heavy atom. The minimum atomic E-state index is -4.64. The number of nitrogens with one attached hydrogen (secondary N) is 1. The minimum Gasteiger partial charge on any atom is -0.458 e. The van der Waals surface area contributed by atoms with E-state index in [0.29, 0.717) is 61.1 Å². The molecule has 4 aromatic rings. The van der Waals surface area contributed by atoms with Crippen molar-refractivity contribution in [1.82, 2.24) is 35.0 Å². The summed E-state index contributed by atoms with van der Waals surface area (Å²) in [6.07, 6.45) is 0.422. The van der Waals surface area contributed by atoms with Crippen molar-refractivity contribution in [2.75, 3.05) is 31.1 Å². The number of aromatic amines is 1. The van der Waals surface area contributed by atoms with E-state index in [4.69, 9.17) is 16.3 Å². The molecule has 10 nitrogen and oxygen atoms in total. The standard InChI is InChI=1S/C29H26ClF4N9O/c30-21-2-1-18(22(31)12-21)16-44-27-36-6-3-24(38-27)43-9-7-42(8-10-43)15-23-19(13-28(17-35)4-5-28)11-20(14-37-23)25-39-26(41-40-25)29(32,33)34/h1-3,6,11-12,14H,4-5,7-10,13,15-16H2,(H,39,40,41). The highest BCUT2D eigenvalue weighted by Crippen LogP contribution is 2.48. The van der Waals surface area contributed by atoms with Gasteiger partial charge in [0.2, 0.25) is 5.82 Å². The third-order valence-electron chi connectivity index (χ3n) is 7.75. The molecule has 1 N–H and O–H groups in total. The van der Waals surface area contributed by atoms with Crippen LogP contribution in [-0.4, -0.2) is 61.2 Å². The van der Waals surface area contributed by atoms with Crippen LogP contribution in [0.4, 0.5) is 23.4 Å². The molecule has 2 fully saturated rings. The van der Waals surface area contributed by atoms with Gasteiger partial charge >= 0.3 is 12.2 Å². The fraction of sp³-hybridized carbons (Fsp3) is 0.379. The van der Waals surface area contributed by atoms with E-state index < -0.39 is 23.2 Å². The van der Waals surface area contributed by atoms with Crippen molar-refractivity contribution in [1.29, 1.82) is 5.26 Å². The van der Waals surface area contributed by atoms with Crippen LogP contribution in [0.25, 0.3) is 11.4 Å².